The van der Waals surface area contributed by atoms with Crippen molar-refractivity contribution in [3.05, 3.63) is 35.4 Å². The van der Waals surface area contributed by atoms with E-state index in [1.54, 1.807) is 0 Å². The Hall–Kier alpha value is -0.470. The molecule has 64 valence electrons. The lowest BCUT2D eigenvalue weighted by Crippen LogP contribution is -2.28. The Kier molecular flexibility index (Phi) is 2.11. The Morgan fingerprint density at radius 3 is 3.00 bits per heavy atom. The second-order valence-electron chi connectivity index (χ2n) is 3.30. The largest absolute Gasteiger partial charge is 0.291 e. The third-order valence-electron chi connectivity index (χ3n) is 2.48. The van der Waals surface area contributed by atoms with E-state index in [0.717, 1.165) is 13.0 Å². The van der Waals surface area contributed by atoms with E-state index in [1.807, 2.05) is 0 Å². The zero-order valence-electron chi connectivity index (χ0n) is 7.20. The van der Waals surface area contributed by atoms with E-state index in [9.17, 15) is 0 Å². The van der Waals surface area contributed by atoms with Gasteiger partial charge in [-0.3, -0.25) is 4.90 Å². The van der Waals surface area contributed by atoms with Crippen molar-refractivity contribution in [1.29, 1.82) is 0 Å². The molecule has 0 N–H and O–H groups in total. The van der Waals surface area contributed by atoms with E-state index in [-0.39, 0.29) is 5.37 Å². The quantitative estimate of drug-likeness (QED) is 0.597. The van der Waals surface area contributed by atoms with Gasteiger partial charge in [0.15, 0.2) is 0 Å². The molecule has 0 saturated heterocycles. The molecule has 1 atom stereocenters. The molecule has 1 nitrogen and oxygen atoms in total. The lowest BCUT2D eigenvalue weighted by Gasteiger charge is -2.31. The van der Waals surface area contributed by atoms with Gasteiger partial charge in [-0.2, -0.15) is 12.6 Å². The van der Waals surface area contributed by atoms with Crippen LogP contribution in [0.15, 0.2) is 24.3 Å². The molecule has 0 radical (unpaired) electrons. The predicted molar refractivity (Wildman–Crippen MR) is 54.5 cm³/mol. The van der Waals surface area contributed by atoms with Crippen molar-refractivity contribution in [2.24, 2.45) is 0 Å². The number of hydrogen-bond donors (Lipinski definition) is 1. The van der Waals surface area contributed by atoms with E-state index < -0.39 is 0 Å². The van der Waals surface area contributed by atoms with E-state index >= 15 is 0 Å². The summed E-state index contributed by atoms with van der Waals surface area (Å²) in [7, 11) is 2.12. The van der Waals surface area contributed by atoms with Crippen LogP contribution in [0.4, 0.5) is 0 Å². The topological polar surface area (TPSA) is 3.24 Å². The summed E-state index contributed by atoms with van der Waals surface area (Å²) in [5.41, 5.74) is 2.82. The molecule has 2 rings (SSSR count). The summed E-state index contributed by atoms with van der Waals surface area (Å²) in [6.45, 7) is 1.12. The molecular weight excluding hydrogens is 166 g/mol. The highest BCUT2D eigenvalue weighted by atomic mass is 32.1. The molecular formula is C10H13NS. The Morgan fingerprint density at radius 2 is 2.17 bits per heavy atom. The number of thiol groups is 1. The zero-order chi connectivity index (χ0) is 8.55. The first-order chi connectivity index (χ1) is 5.79. The summed E-state index contributed by atoms with van der Waals surface area (Å²) in [6, 6.07) is 8.56. The van der Waals surface area contributed by atoms with Crippen LogP contribution in [0.1, 0.15) is 16.5 Å². The molecule has 1 heterocycles. The molecule has 0 aliphatic carbocycles. The molecule has 1 aliphatic heterocycles. The fourth-order valence-corrected chi connectivity index (χ4v) is 2.04. The molecule has 1 aliphatic rings. The first kappa shape index (κ1) is 8.14. The Balaban J connectivity index is 2.42. The van der Waals surface area contributed by atoms with Gasteiger partial charge >= 0.3 is 0 Å². The van der Waals surface area contributed by atoms with E-state index in [4.69, 9.17) is 0 Å². The van der Waals surface area contributed by atoms with Crippen LogP contribution in [0.2, 0.25) is 0 Å². The van der Waals surface area contributed by atoms with Crippen molar-refractivity contribution < 1.29 is 0 Å². The highest BCUT2D eigenvalue weighted by Gasteiger charge is 2.20. The number of rotatable bonds is 0. The normalized spacial score (nSPS) is 23.7. The van der Waals surface area contributed by atoms with E-state index in [1.165, 1.54) is 11.1 Å². The van der Waals surface area contributed by atoms with Gasteiger partial charge in [0, 0.05) is 6.54 Å². The van der Waals surface area contributed by atoms with Gasteiger partial charge in [-0.25, -0.2) is 0 Å². The van der Waals surface area contributed by atoms with Crippen molar-refractivity contribution in [2.75, 3.05) is 13.6 Å². The smallest absolute Gasteiger partial charge is 0.0785 e. The molecule has 0 fully saturated rings. The predicted octanol–water partition coefficient (Wildman–Crippen LogP) is 2.10. The maximum absolute atomic E-state index is 4.56. The summed E-state index contributed by atoms with van der Waals surface area (Å²) < 4.78 is 0. The van der Waals surface area contributed by atoms with Crippen molar-refractivity contribution >= 4 is 12.6 Å². The number of fused-ring (bicyclic) bond motifs is 1. The van der Waals surface area contributed by atoms with Crippen LogP contribution >= 0.6 is 12.6 Å². The lowest BCUT2D eigenvalue weighted by atomic mass is 10.0. The third-order valence-corrected chi connectivity index (χ3v) is 3.16. The lowest BCUT2D eigenvalue weighted by molar-refractivity contribution is 0.306. The van der Waals surface area contributed by atoms with Gasteiger partial charge < -0.3 is 0 Å². The summed E-state index contributed by atoms with van der Waals surface area (Å²) >= 11 is 4.56. The van der Waals surface area contributed by atoms with Gasteiger partial charge in [0.2, 0.25) is 0 Å². The monoisotopic (exact) mass is 179 g/mol. The van der Waals surface area contributed by atoms with Crippen LogP contribution in [0, 0.1) is 0 Å². The maximum atomic E-state index is 4.56. The Labute approximate surface area is 78.8 Å². The van der Waals surface area contributed by atoms with Crippen LogP contribution in [0.5, 0.6) is 0 Å². The van der Waals surface area contributed by atoms with Gasteiger partial charge in [-0.15, -0.1) is 0 Å². The van der Waals surface area contributed by atoms with Crippen molar-refractivity contribution in [3.8, 4) is 0 Å². The summed E-state index contributed by atoms with van der Waals surface area (Å²) in [6.07, 6.45) is 1.16. The fourth-order valence-electron chi connectivity index (χ4n) is 1.67. The minimum Gasteiger partial charge on any atom is -0.291 e. The molecule has 0 aromatic heterocycles. The molecule has 0 bridgehead atoms. The van der Waals surface area contributed by atoms with Gasteiger partial charge in [-0.1, -0.05) is 24.3 Å². The fraction of sp³-hybridized carbons (Fsp3) is 0.400. The molecule has 0 amide bonds. The molecule has 0 spiro atoms. The van der Waals surface area contributed by atoms with Crippen LogP contribution in [-0.4, -0.2) is 18.5 Å². The van der Waals surface area contributed by atoms with Crippen LogP contribution in [0.3, 0.4) is 0 Å². The molecule has 12 heavy (non-hydrogen) atoms. The molecule has 1 aromatic carbocycles. The second kappa shape index (κ2) is 3.11. The Bertz CT molecular complexity index is 285. The molecule has 1 unspecified atom stereocenters. The number of benzene rings is 1. The van der Waals surface area contributed by atoms with Gasteiger partial charge in [0.05, 0.1) is 5.37 Å². The maximum Gasteiger partial charge on any atom is 0.0785 e. The first-order valence-corrected chi connectivity index (χ1v) is 4.77. The second-order valence-corrected chi connectivity index (χ2v) is 3.79. The van der Waals surface area contributed by atoms with Gasteiger partial charge in [-0.05, 0) is 24.6 Å². The molecule has 2 heteroatoms. The van der Waals surface area contributed by atoms with E-state index in [0.29, 0.717) is 0 Å². The minimum atomic E-state index is 0.287. The summed E-state index contributed by atoms with van der Waals surface area (Å²) in [5, 5.41) is 0.287. The van der Waals surface area contributed by atoms with Crippen molar-refractivity contribution in [3.63, 3.8) is 0 Å². The van der Waals surface area contributed by atoms with Crippen molar-refractivity contribution in [2.45, 2.75) is 11.8 Å². The Morgan fingerprint density at radius 1 is 1.42 bits per heavy atom. The first-order valence-electron chi connectivity index (χ1n) is 4.25. The zero-order valence-corrected chi connectivity index (χ0v) is 8.09. The van der Waals surface area contributed by atoms with Gasteiger partial charge in [0.1, 0.15) is 0 Å². The average molecular weight is 179 g/mol. The standard InChI is InChI=1S/C10H13NS/c1-11-7-6-8-4-2-3-5-9(8)10(11)12/h2-5,10,12H,6-7H2,1H3. The average Bonchev–Trinajstić information content (AvgIpc) is 2.12. The highest BCUT2D eigenvalue weighted by molar-refractivity contribution is 7.80. The number of nitrogens with zero attached hydrogens (tertiary/aromatic N) is 1. The van der Waals surface area contributed by atoms with Gasteiger partial charge in [0.25, 0.3) is 0 Å². The highest BCUT2D eigenvalue weighted by Crippen LogP contribution is 2.30. The number of hydrogen-bond acceptors (Lipinski definition) is 2. The number of likely N-dealkylation sites (N-methyl/N-ethyl adjacent to an activating group) is 1. The van der Waals surface area contributed by atoms with Crippen LogP contribution < -0.4 is 0 Å². The van der Waals surface area contributed by atoms with Crippen molar-refractivity contribution in [1.82, 2.24) is 4.90 Å². The van der Waals surface area contributed by atoms with E-state index in [2.05, 4.69) is 48.8 Å². The van der Waals surface area contributed by atoms with Crippen LogP contribution in [0.25, 0.3) is 0 Å². The molecule has 0 saturated carbocycles. The minimum absolute atomic E-state index is 0.287. The third kappa shape index (κ3) is 1.25. The molecule has 1 aromatic rings. The summed E-state index contributed by atoms with van der Waals surface area (Å²) in [4.78, 5) is 2.27. The SMILES string of the molecule is CN1CCc2ccccc2C1S. The van der Waals surface area contributed by atoms with Crippen LogP contribution in [-0.2, 0) is 6.42 Å². The summed E-state index contributed by atoms with van der Waals surface area (Å²) in [5.74, 6) is 0.